The van der Waals surface area contributed by atoms with Crippen LogP contribution in [0.15, 0.2) is 65.8 Å². The monoisotopic (exact) mass is 552 g/mol. The Kier molecular flexibility index (Phi) is 7.82. The highest BCUT2D eigenvalue weighted by atomic mass is 32.2. The fraction of sp³-hybridized carbons (Fsp3) is 0.269. The molecule has 0 aliphatic carbocycles. The molecule has 38 heavy (non-hydrogen) atoms. The Morgan fingerprint density at radius 3 is 2.39 bits per heavy atom. The summed E-state index contributed by atoms with van der Waals surface area (Å²) in [7, 11) is 0.544. The van der Waals surface area contributed by atoms with E-state index in [1.165, 1.54) is 7.11 Å². The first-order chi connectivity index (χ1) is 18.5. The summed E-state index contributed by atoms with van der Waals surface area (Å²) in [5, 5.41) is 0. The number of anilines is 2. The molecule has 1 fully saturated rings. The number of pyridine rings is 1. The lowest BCUT2D eigenvalue weighted by Gasteiger charge is -2.34. The number of para-hydroxylation sites is 1. The fourth-order valence-corrected chi connectivity index (χ4v) is 6.07. The maximum absolute atomic E-state index is 13.2. The maximum Gasteiger partial charge on any atom is 0.238 e. The van der Waals surface area contributed by atoms with Gasteiger partial charge in [-0.25, -0.2) is 22.7 Å². The first-order valence-electron chi connectivity index (χ1n) is 11.9. The van der Waals surface area contributed by atoms with Gasteiger partial charge in [0.15, 0.2) is 0 Å². The predicted octanol–water partition coefficient (Wildman–Crippen LogP) is 3.26. The van der Waals surface area contributed by atoms with Crippen LogP contribution in [-0.2, 0) is 22.0 Å². The van der Waals surface area contributed by atoms with Crippen LogP contribution in [0.2, 0.25) is 0 Å². The van der Waals surface area contributed by atoms with E-state index in [9.17, 15) is 8.42 Å². The van der Waals surface area contributed by atoms with E-state index >= 15 is 0 Å². The van der Waals surface area contributed by atoms with E-state index in [0.29, 0.717) is 48.4 Å². The number of piperazine rings is 1. The van der Waals surface area contributed by atoms with Crippen LogP contribution in [0.25, 0.3) is 22.2 Å². The second-order valence-corrected chi connectivity index (χ2v) is 11.2. The summed E-state index contributed by atoms with van der Waals surface area (Å²) in [4.78, 5) is 16.7. The van der Waals surface area contributed by atoms with Gasteiger partial charge in [-0.1, -0.05) is 18.2 Å². The molecule has 1 saturated heterocycles. The third-order valence-electron chi connectivity index (χ3n) is 6.22. The van der Waals surface area contributed by atoms with Gasteiger partial charge in [-0.15, -0.1) is 0 Å². The van der Waals surface area contributed by atoms with Gasteiger partial charge >= 0.3 is 0 Å². The van der Waals surface area contributed by atoms with Crippen LogP contribution in [0, 0.1) is 0 Å². The molecule has 1 aliphatic rings. The molecule has 3 heterocycles. The minimum Gasteiger partial charge on any atom is -0.495 e. The molecule has 0 spiro atoms. The van der Waals surface area contributed by atoms with Gasteiger partial charge in [0.25, 0.3) is 0 Å². The Morgan fingerprint density at radius 1 is 0.868 bits per heavy atom. The lowest BCUT2D eigenvalue weighted by atomic mass is 10.1. The number of hydrogen-bond donors (Lipinski definition) is 1. The number of fused-ring (bicyclic) bond motifs is 1. The SMILES string of the molecule is COc1ccccc1S(=O)N1CCN(c2cnc3ccc(-c4cnc(OC)c(NS(C)=O)c4)cc3n2)CC1. The van der Waals surface area contributed by atoms with Crippen molar-refractivity contribution in [1.29, 1.82) is 0 Å². The minimum atomic E-state index is -1.30. The van der Waals surface area contributed by atoms with Gasteiger partial charge in [-0.2, -0.15) is 0 Å². The average Bonchev–Trinajstić information content (AvgIpc) is 2.96. The Labute approximate surface area is 226 Å². The molecule has 0 radical (unpaired) electrons. The standard InChI is InChI=1S/C26H28N6O4S2/c1-35-23-6-4-5-7-24(23)38(34)32-12-10-31(11-13-32)25-17-27-20-9-8-18(14-21(20)29-25)19-15-22(30-37(3)33)26(36-2)28-16-19/h4-9,14-17,30H,10-13H2,1-3H3. The van der Waals surface area contributed by atoms with Crippen LogP contribution in [-0.4, -0.2) is 74.3 Å². The molecule has 12 heteroatoms. The lowest BCUT2D eigenvalue weighted by molar-refractivity contribution is 0.392. The van der Waals surface area contributed by atoms with Gasteiger partial charge in [0.05, 0.1) is 36.3 Å². The van der Waals surface area contributed by atoms with Crippen LogP contribution in [0.5, 0.6) is 11.6 Å². The van der Waals surface area contributed by atoms with Crippen molar-refractivity contribution in [1.82, 2.24) is 19.3 Å². The van der Waals surface area contributed by atoms with Gasteiger partial charge in [-0.05, 0) is 35.9 Å². The van der Waals surface area contributed by atoms with E-state index < -0.39 is 22.0 Å². The molecule has 1 aliphatic heterocycles. The second-order valence-electron chi connectivity index (χ2n) is 8.58. The van der Waals surface area contributed by atoms with Crippen LogP contribution in [0.4, 0.5) is 11.5 Å². The molecule has 198 valence electrons. The van der Waals surface area contributed by atoms with Crippen LogP contribution < -0.4 is 19.1 Å². The Morgan fingerprint density at radius 2 is 1.66 bits per heavy atom. The molecule has 0 saturated carbocycles. The van der Waals surface area contributed by atoms with Crippen molar-refractivity contribution in [3.8, 4) is 22.8 Å². The van der Waals surface area contributed by atoms with E-state index in [1.54, 1.807) is 25.8 Å². The molecule has 2 aromatic carbocycles. The molecule has 4 aromatic rings. The van der Waals surface area contributed by atoms with E-state index in [0.717, 1.165) is 28.0 Å². The smallest absolute Gasteiger partial charge is 0.238 e. The number of rotatable bonds is 8. The zero-order valence-corrected chi connectivity index (χ0v) is 22.9. The molecule has 2 unspecified atom stereocenters. The van der Waals surface area contributed by atoms with Crippen LogP contribution in [0.3, 0.4) is 0 Å². The maximum atomic E-state index is 13.2. The third-order valence-corrected chi connectivity index (χ3v) is 8.27. The Bertz CT molecular complexity index is 1510. The highest BCUT2D eigenvalue weighted by Crippen LogP contribution is 2.30. The molecule has 2 aromatic heterocycles. The first-order valence-corrected chi connectivity index (χ1v) is 14.6. The van der Waals surface area contributed by atoms with Gasteiger partial charge in [0, 0.05) is 44.2 Å². The summed E-state index contributed by atoms with van der Waals surface area (Å²) < 4.78 is 40.4. The van der Waals surface area contributed by atoms with E-state index in [2.05, 4.69) is 19.6 Å². The number of benzene rings is 2. The summed E-state index contributed by atoms with van der Waals surface area (Å²) in [6.45, 7) is 2.59. The number of aromatic nitrogens is 3. The van der Waals surface area contributed by atoms with Gasteiger partial charge in [0.2, 0.25) is 5.88 Å². The van der Waals surface area contributed by atoms with E-state index in [1.807, 2.05) is 52.8 Å². The Hall–Kier alpha value is -3.61. The van der Waals surface area contributed by atoms with Gasteiger partial charge < -0.3 is 19.1 Å². The van der Waals surface area contributed by atoms with E-state index in [-0.39, 0.29) is 0 Å². The number of hydrogen-bond acceptors (Lipinski definition) is 8. The molecular weight excluding hydrogens is 524 g/mol. The van der Waals surface area contributed by atoms with Crippen molar-refractivity contribution in [3.63, 3.8) is 0 Å². The first kappa shape index (κ1) is 26.0. The van der Waals surface area contributed by atoms with Crippen molar-refractivity contribution in [2.24, 2.45) is 0 Å². The highest BCUT2D eigenvalue weighted by molar-refractivity contribution is 7.85. The molecule has 1 N–H and O–H groups in total. The van der Waals surface area contributed by atoms with Crippen molar-refractivity contribution < 1.29 is 17.9 Å². The minimum absolute atomic E-state index is 0.373. The lowest BCUT2D eigenvalue weighted by Crippen LogP contribution is -2.47. The summed E-state index contributed by atoms with van der Waals surface area (Å²) in [6, 6.07) is 15.1. The molecule has 10 nitrogen and oxygen atoms in total. The topological polar surface area (TPSA) is 110 Å². The second kappa shape index (κ2) is 11.4. The molecule has 5 rings (SSSR count). The van der Waals surface area contributed by atoms with Crippen molar-refractivity contribution in [2.45, 2.75) is 4.90 Å². The summed E-state index contributed by atoms with van der Waals surface area (Å²) in [5.41, 5.74) is 3.82. The number of nitrogens with zero attached hydrogens (tertiary/aromatic N) is 5. The predicted molar refractivity (Wildman–Crippen MR) is 150 cm³/mol. The zero-order valence-electron chi connectivity index (χ0n) is 21.3. The number of ether oxygens (including phenoxy) is 2. The molecule has 0 bridgehead atoms. The van der Waals surface area contributed by atoms with Gasteiger partial charge in [-0.3, -0.25) is 4.98 Å². The van der Waals surface area contributed by atoms with Crippen LogP contribution >= 0.6 is 0 Å². The van der Waals surface area contributed by atoms with Gasteiger partial charge in [0.1, 0.15) is 39.2 Å². The van der Waals surface area contributed by atoms with Crippen molar-refractivity contribution in [2.75, 3.05) is 56.3 Å². The van der Waals surface area contributed by atoms with E-state index in [4.69, 9.17) is 14.5 Å². The zero-order chi connectivity index (χ0) is 26.6. The highest BCUT2D eigenvalue weighted by Gasteiger charge is 2.25. The quantitative estimate of drug-likeness (QED) is 0.355. The normalized spacial score (nSPS) is 15.7. The summed E-state index contributed by atoms with van der Waals surface area (Å²) in [6.07, 6.45) is 5.04. The summed E-state index contributed by atoms with van der Waals surface area (Å²) in [5.74, 6) is 1.77. The molecule has 0 amide bonds. The molecule has 2 atom stereocenters. The largest absolute Gasteiger partial charge is 0.495 e. The Balaban J connectivity index is 1.34. The van der Waals surface area contributed by atoms with Crippen molar-refractivity contribution >= 4 is 44.5 Å². The third kappa shape index (κ3) is 5.47. The average molecular weight is 553 g/mol. The number of methoxy groups -OCH3 is 2. The van der Waals surface area contributed by atoms with Crippen LogP contribution in [0.1, 0.15) is 0 Å². The fourth-order valence-electron chi connectivity index (χ4n) is 4.32. The molecular formula is C26H28N6O4S2. The number of nitrogens with one attached hydrogen (secondary N) is 1. The summed E-state index contributed by atoms with van der Waals surface area (Å²) >= 11 is 0. The van der Waals surface area contributed by atoms with Crippen molar-refractivity contribution in [3.05, 3.63) is 60.9 Å².